The van der Waals surface area contributed by atoms with Gasteiger partial charge in [0.1, 0.15) is 5.75 Å². The van der Waals surface area contributed by atoms with Crippen molar-refractivity contribution < 1.29 is 9.53 Å². The summed E-state index contributed by atoms with van der Waals surface area (Å²) < 4.78 is 5.64. The molecule has 0 N–H and O–H groups in total. The van der Waals surface area contributed by atoms with E-state index in [0.29, 0.717) is 29.5 Å². The highest BCUT2D eigenvalue weighted by molar-refractivity contribution is 6.18. The van der Waals surface area contributed by atoms with Crippen molar-refractivity contribution in [3.05, 3.63) is 59.7 Å². The molecule has 0 aliphatic heterocycles. The Morgan fingerprint density at radius 3 is 1.96 bits per heavy atom. The van der Waals surface area contributed by atoms with Gasteiger partial charge in [-0.1, -0.05) is 13.3 Å². The van der Waals surface area contributed by atoms with Crippen molar-refractivity contribution in [2.45, 2.75) is 19.8 Å². The second-order valence-corrected chi connectivity index (χ2v) is 6.72. The SMILES string of the molecule is CCCCOc1ccc(C(=O)c2ccc(N(CCCl)CCCl)cc2)cc1. The zero-order valence-corrected chi connectivity index (χ0v) is 16.6. The average molecular weight is 394 g/mol. The Bertz CT molecular complexity index is 665. The molecule has 0 radical (unpaired) electrons. The summed E-state index contributed by atoms with van der Waals surface area (Å²) in [5.41, 5.74) is 2.33. The van der Waals surface area contributed by atoms with Crippen LogP contribution in [0.1, 0.15) is 35.7 Å². The van der Waals surface area contributed by atoms with Crippen LogP contribution in [0.25, 0.3) is 0 Å². The molecule has 0 saturated heterocycles. The van der Waals surface area contributed by atoms with E-state index in [-0.39, 0.29) is 5.78 Å². The van der Waals surface area contributed by atoms with Crippen molar-refractivity contribution in [3.63, 3.8) is 0 Å². The van der Waals surface area contributed by atoms with E-state index in [1.165, 1.54) is 0 Å². The monoisotopic (exact) mass is 393 g/mol. The minimum atomic E-state index is -0.00195. The summed E-state index contributed by atoms with van der Waals surface area (Å²) >= 11 is 11.7. The van der Waals surface area contributed by atoms with Gasteiger partial charge in [-0.15, -0.1) is 23.2 Å². The number of benzene rings is 2. The van der Waals surface area contributed by atoms with E-state index in [2.05, 4.69) is 11.8 Å². The molecule has 0 fully saturated rings. The Labute approximate surface area is 165 Å². The Kier molecular flexibility index (Phi) is 8.79. The molecule has 5 heteroatoms. The van der Waals surface area contributed by atoms with Crippen molar-refractivity contribution in [1.82, 2.24) is 0 Å². The number of anilines is 1. The van der Waals surface area contributed by atoms with Crippen LogP contribution in [0.15, 0.2) is 48.5 Å². The molecule has 26 heavy (non-hydrogen) atoms. The predicted molar refractivity (Wildman–Crippen MR) is 110 cm³/mol. The van der Waals surface area contributed by atoms with Crippen LogP contribution < -0.4 is 9.64 Å². The van der Waals surface area contributed by atoms with Gasteiger partial charge in [-0.05, 0) is 55.0 Å². The van der Waals surface area contributed by atoms with E-state index in [1.807, 2.05) is 48.5 Å². The fraction of sp³-hybridized carbons (Fsp3) is 0.381. The van der Waals surface area contributed by atoms with Gasteiger partial charge in [-0.2, -0.15) is 0 Å². The van der Waals surface area contributed by atoms with Crippen molar-refractivity contribution in [1.29, 1.82) is 0 Å². The van der Waals surface area contributed by atoms with Crippen LogP contribution in [0.3, 0.4) is 0 Å². The number of ether oxygens (including phenoxy) is 1. The first kappa shape index (κ1) is 20.6. The number of hydrogen-bond donors (Lipinski definition) is 0. The first-order chi connectivity index (χ1) is 12.7. The molecule has 0 atom stereocenters. The van der Waals surface area contributed by atoms with Crippen LogP contribution in [0.4, 0.5) is 5.69 Å². The van der Waals surface area contributed by atoms with Gasteiger partial charge in [0.15, 0.2) is 5.78 Å². The van der Waals surface area contributed by atoms with Crippen molar-refractivity contribution in [2.75, 3.05) is 36.4 Å². The topological polar surface area (TPSA) is 29.5 Å². The van der Waals surface area contributed by atoms with Crippen LogP contribution in [0.2, 0.25) is 0 Å². The summed E-state index contributed by atoms with van der Waals surface area (Å²) in [7, 11) is 0. The number of nitrogens with zero attached hydrogens (tertiary/aromatic N) is 1. The van der Waals surface area contributed by atoms with Gasteiger partial charge in [0.05, 0.1) is 6.61 Å². The standard InChI is InChI=1S/C21H25Cl2NO2/c1-2-3-16-26-20-10-6-18(7-11-20)21(25)17-4-8-19(9-5-17)24(14-12-22)15-13-23/h4-11H,2-3,12-16H2,1H3. The van der Waals surface area contributed by atoms with Gasteiger partial charge in [-0.25, -0.2) is 0 Å². The molecule has 2 aromatic carbocycles. The fourth-order valence-corrected chi connectivity index (χ4v) is 3.01. The minimum absolute atomic E-state index is 0.00195. The largest absolute Gasteiger partial charge is 0.494 e. The number of rotatable bonds is 11. The highest BCUT2D eigenvalue weighted by Gasteiger charge is 2.11. The van der Waals surface area contributed by atoms with Gasteiger partial charge in [0, 0.05) is 41.7 Å². The average Bonchev–Trinajstić information content (AvgIpc) is 2.68. The van der Waals surface area contributed by atoms with Gasteiger partial charge in [-0.3, -0.25) is 4.79 Å². The summed E-state index contributed by atoms with van der Waals surface area (Å²) in [4.78, 5) is 14.8. The van der Waals surface area contributed by atoms with E-state index < -0.39 is 0 Å². The summed E-state index contributed by atoms with van der Waals surface area (Å²) in [6, 6.07) is 14.9. The quantitative estimate of drug-likeness (QED) is 0.291. The van der Waals surface area contributed by atoms with E-state index in [9.17, 15) is 4.79 Å². The first-order valence-corrected chi connectivity index (χ1v) is 10.0. The number of halogens is 2. The van der Waals surface area contributed by atoms with E-state index >= 15 is 0 Å². The van der Waals surface area contributed by atoms with Crippen molar-refractivity contribution >= 4 is 34.7 Å². The lowest BCUT2D eigenvalue weighted by Crippen LogP contribution is -2.27. The number of ketones is 1. The zero-order chi connectivity index (χ0) is 18.8. The maximum Gasteiger partial charge on any atom is 0.193 e. The summed E-state index contributed by atoms with van der Waals surface area (Å²) in [5.74, 6) is 1.86. The number of carbonyl (C=O) groups is 1. The third kappa shape index (κ3) is 5.93. The molecule has 0 amide bonds. The Morgan fingerprint density at radius 1 is 0.923 bits per heavy atom. The van der Waals surface area contributed by atoms with Gasteiger partial charge >= 0.3 is 0 Å². The first-order valence-electron chi connectivity index (χ1n) is 8.94. The number of unbranched alkanes of at least 4 members (excludes halogenated alkanes) is 1. The lowest BCUT2D eigenvalue weighted by molar-refractivity contribution is 0.103. The van der Waals surface area contributed by atoms with Crippen LogP contribution in [-0.4, -0.2) is 37.2 Å². The molecule has 0 bridgehead atoms. The summed E-state index contributed by atoms with van der Waals surface area (Å²) in [6.07, 6.45) is 2.12. The molecule has 0 spiro atoms. The second-order valence-electron chi connectivity index (χ2n) is 5.97. The smallest absolute Gasteiger partial charge is 0.193 e. The predicted octanol–water partition coefficient (Wildman–Crippen LogP) is 5.38. The van der Waals surface area contributed by atoms with Gasteiger partial charge in [0.2, 0.25) is 0 Å². The van der Waals surface area contributed by atoms with Crippen molar-refractivity contribution in [2.24, 2.45) is 0 Å². The normalized spacial score (nSPS) is 10.6. The summed E-state index contributed by atoms with van der Waals surface area (Å²) in [6.45, 7) is 4.27. The minimum Gasteiger partial charge on any atom is -0.494 e. The molecule has 2 aromatic rings. The molecule has 0 aromatic heterocycles. The third-order valence-corrected chi connectivity index (χ3v) is 4.42. The van der Waals surface area contributed by atoms with Crippen LogP contribution in [0.5, 0.6) is 5.75 Å². The van der Waals surface area contributed by atoms with Crippen molar-refractivity contribution in [3.8, 4) is 5.75 Å². The van der Waals surface area contributed by atoms with Crippen LogP contribution >= 0.6 is 23.2 Å². The molecule has 0 saturated carbocycles. The molecule has 2 rings (SSSR count). The molecule has 0 heterocycles. The molecule has 3 nitrogen and oxygen atoms in total. The molecule has 0 unspecified atom stereocenters. The molecule has 0 aliphatic rings. The highest BCUT2D eigenvalue weighted by atomic mass is 35.5. The lowest BCUT2D eigenvalue weighted by Gasteiger charge is -2.22. The number of hydrogen-bond acceptors (Lipinski definition) is 3. The van der Waals surface area contributed by atoms with E-state index in [0.717, 1.165) is 37.4 Å². The third-order valence-electron chi connectivity index (χ3n) is 4.09. The second kappa shape index (κ2) is 11.1. The molecule has 0 aliphatic carbocycles. The van der Waals surface area contributed by atoms with E-state index in [1.54, 1.807) is 0 Å². The highest BCUT2D eigenvalue weighted by Crippen LogP contribution is 2.19. The number of carbonyl (C=O) groups excluding carboxylic acids is 1. The van der Waals surface area contributed by atoms with Crippen LogP contribution in [0, 0.1) is 0 Å². The maximum absolute atomic E-state index is 12.7. The zero-order valence-electron chi connectivity index (χ0n) is 15.1. The number of alkyl halides is 2. The summed E-state index contributed by atoms with van der Waals surface area (Å²) in [5, 5.41) is 0. The Balaban J connectivity index is 2.04. The molecular formula is C21H25Cl2NO2. The van der Waals surface area contributed by atoms with Gasteiger partial charge < -0.3 is 9.64 Å². The Morgan fingerprint density at radius 2 is 1.46 bits per heavy atom. The van der Waals surface area contributed by atoms with Gasteiger partial charge in [0.25, 0.3) is 0 Å². The van der Waals surface area contributed by atoms with E-state index in [4.69, 9.17) is 27.9 Å². The molecule has 140 valence electrons. The fourth-order valence-electron chi connectivity index (χ4n) is 2.60. The maximum atomic E-state index is 12.7. The Hall–Kier alpha value is -1.71. The molecular weight excluding hydrogens is 369 g/mol. The van der Waals surface area contributed by atoms with Crippen LogP contribution in [-0.2, 0) is 0 Å². The lowest BCUT2D eigenvalue weighted by atomic mass is 10.0.